The smallest absolute Gasteiger partial charge is 0.347 e. The molecular formula is C35H32IN5O9. The van der Waals surface area contributed by atoms with Gasteiger partial charge in [0.05, 0.1) is 48.0 Å². The predicted molar refractivity (Wildman–Crippen MR) is 190 cm³/mol. The van der Waals surface area contributed by atoms with Gasteiger partial charge in [-0.2, -0.15) is 0 Å². The first-order valence-corrected chi connectivity index (χ1v) is 17.0. The minimum atomic E-state index is -0.756. The molecular weight excluding hydrogens is 761 g/mol. The molecule has 0 radical (unpaired) electrons. The Morgan fingerprint density at radius 1 is 1.00 bits per heavy atom. The van der Waals surface area contributed by atoms with Gasteiger partial charge in [0.2, 0.25) is 0 Å². The number of halogens is 1. The van der Waals surface area contributed by atoms with Gasteiger partial charge in [-0.15, -0.1) is 0 Å². The fourth-order valence-electron chi connectivity index (χ4n) is 7.16. The van der Waals surface area contributed by atoms with E-state index < -0.39 is 23.3 Å². The predicted octanol–water partition coefficient (Wildman–Crippen LogP) is 2.86. The van der Waals surface area contributed by atoms with Gasteiger partial charge in [-0.3, -0.25) is 14.4 Å². The zero-order valence-corrected chi connectivity index (χ0v) is 29.7. The molecule has 2 aromatic heterocycles. The van der Waals surface area contributed by atoms with Crippen LogP contribution in [0.1, 0.15) is 36.6 Å². The van der Waals surface area contributed by atoms with Gasteiger partial charge in [0.15, 0.2) is 34.6 Å². The molecule has 7 rings (SSSR count). The summed E-state index contributed by atoms with van der Waals surface area (Å²) >= 11 is 1.86. The molecule has 258 valence electrons. The Bertz CT molecular complexity index is 2430. The fraction of sp³-hybridized carbons (Fsp3) is 0.314. The molecule has 3 aliphatic rings. The van der Waals surface area contributed by atoms with Crippen molar-refractivity contribution in [3.8, 4) is 23.0 Å². The van der Waals surface area contributed by atoms with Gasteiger partial charge in [0, 0.05) is 61.7 Å². The third-order valence-electron chi connectivity index (χ3n) is 9.52. The van der Waals surface area contributed by atoms with E-state index in [-0.39, 0.29) is 76.0 Å². The lowest BCUT2D eigenvalue weighted by molar-refractivity contribution is -0.115. The number of ketones is 2. The highest BCUT2D eigenvalue weighted by Gasteiger charge is 2.45. The molecule has 1 N–H and O–H groups in total. The highest BCUT2D eigenvalue weighted by atomic mass is 127. The van der Waals surface area contributed by atoms with E-state index in [1.807, 2.05) is 28.7 Å². The van der Waals surface area contributed by atoms with E-state index in [2.05, 4.69) is 4.98 Å². The number of hydrogen-bond donors (Lipinski definition) is 1. The lowest BCUT2D eigenvalue weighted by Gasteiger charge is -2.39. The van der Waals surface area contributed by atoms with Crippen LogP contribution in [0.15, 0.2) is 77.2 Å². The molecule has 0 bridgehead atoms. The maximum absolute atomic E-state index is 14.1. The second-order valence-electron chi connectivity index (χ2n) is 12.1. The van der Waals surface area contributed by atoms with Crippen LogP contribution in [0.2, 0.25) is 0 Å². The Balaban J connectivity index is 1.29. The fourth-order valence-corrected chi connectivity index (χ4v) is 7.73. The summed E-state index contributed by atoms with van der Waals surface area (Å²) in [5.41, 5.74) is 1.44. The summed E-state index contributed by atoms with van der Waals surface area (Å²) in [6, 6.07) is 7.33. The number of phenolic OH excluding ortho intramolecular Hbond substituents is 1. The molecule has 2 aromatic carbocycles. The Hall–Kier alpha value is -5.19. The molecule has 50 heavy (non-hydrogen) atoms. The molecule has 3 heterocycles. The van der Waals surface area contributed by atoms with Gasteiger partial charge in [0.1, 0.15) is 5.69 Å². The monoisotopic (exact) mass is 793 g/mol. The van der Waals surface area contributed by atoms with Crippen molar-refractivity contribution in [1.29, 1.82) is 0 Å². The number of benzene rings is 2. The molecule has 15 heteroatoms. The van der Waals surface area contributed by atoms with E-state index in [0.717, 1.165) is 4.57 Å². The number of fused-ring (bicyclic) bond motifs is 4. The lowest BCUT2D eigenvalue weighted by atomic mass is 9.69. The van der Waals surface area contributed by atoms with Crippen LogP contribution in [0.3, 0.4) is 0 Å². The van der Waals surface area contributed by atoms with Gasteiger partial charge in [0.25, 0.3) is 5.56 Å². The van der Waals surface area contributed by atoms with Crippen molar-refractivity contribution in [1.82, 2.24) is 23.5 Å². The van der Waals surface area contributed by atoms with E-state index in [4.69, 9.17) is 14.2 Å². The number of Topliss-reactive ketones (excluding diaryl/α,β-unsaturated/α-hetero) is 1. The Morgan fingerprint density at radius 3 is 2.46 bits per heavy atom. The minimum absolute atomic E-state index is 0.0110. The van der Waals surface area contributed by atoms with E-state index in [9.17, 15) is 29.1 Å². The van der Waals surface area contributed by atoms with Gasteiger partial charge in [-0.25, -0.2) is 28.5 Å². The topological polar surface area (TPSA) is 166 Å². The molecule has 0 saturated heterocycles. The second kappa shape index (κ2) is 12.6. The van der Waals surface area contributed by atoms with Crippen LogP contribution in [0.4, 0.5) is 0 Å². The molecule has 0 amide bonds. The molecule has 0 saturated carbocycles. The molecule has 4 aromatic rings. The summed E-state index contributed by atoms with van der Waals surface area (Å²) in [5.74, 6) is -0.347. The van der Waals surface area contributed by atoms with Crippen LogP contribution in [0.5, 0.6) is 23.0 Å². The number of aryl methyl sites for hydroxylation is 2. The van der Waals surface area contributed by atoms with E-state index in [1.165, 1.54) is 40.3 Å². The maximum atomic E-state index is 14.1. The summed E-state index contributed by atoms with van der Waals surface area (Å²) < 4.78 is 21.9. The lowest BCUT2D eigenvalue weighted by Crippen LogP contribution is -2.40. The van der Waals surface area contributed by atoms with Gasteiger partial charge < -0.3 is 23.9 Å². The van der Waals surface area contributed by atoms with Crippen LogP contribution in [0, 0.1) is 0 Å². The van der Waals surface area contributed by atoms with E-state index in [1.54, 1.807) is 38.2 Å². The first-order valence-electron chi connectivity index (χ1n) is 15.9. The zero-order chi connectivity index (χ0) is 35.6. The molecule has 2 aliphatic carbocycles. The van der Waals surface area contributed by atoms with Crippen molar-refractivity contribution < 1.29 is 28.9 Å². The van der Waals surface area contributed by atoms with Crippen LogP contribution in [0.25, 0.3) is 11.0 Å². The van der Waals surface area contributed by atoms with Crippen molar-refractivity contribution in [2.24, 2.45) is 7.05 Å². The van der Waals surface area contributed by atoms with Gasteiger partial charge >= 0.3 is 11.4 Å². The Labute approximate surface area is 297 Å². The first kappa shape index (κ1) is 33.3. The van der Waals surface area contributed by atoms with Crippen LogP contribution in [-0.2, 0) is 36.1 Å². The number of ether oxygens (including phenoxy) is 3. The quantitative estimate of drug-likeness (QED) is 0.159. The van der Waals surface area contributed by atoms with Crippen LogP contribution in [-0.4, -0.2) is 61.0 Å². The number of nitrogens with zero attached hydrogens (tertiary/aromatic N) is 5. The van der Waals surface area contributed by atoms with Crippen molar-refractivity contribution in [2.75, 3.05) is 20.8 Å². The standard InChI is InChI=1S/C35H32IN5O9/c1-5-50-27-12-17(6-7-25(27)42)30-18-8-11-40-34(46)39(35(47)41(40)23(18)13-19-26(43)14-20(36)32(44)31(19)30)10-9-21-33(45)38(2)24-16-29(49-4)28(48-3)15-22(24)37-21/h6-8,12,14-16,23,30,42H,5,9-11,13H2,1-4H3/t23-,30+/m1/s1. The van der Waals surface area contributed by atoms with Gasteiger partial charge in [-0.05, 0) is 52.8 Å². The van der Waals surface area contributed by atoms with Crippen LogP contribution < -0.4 is 31.1 Å². The second-order valence-corrected chi connectivity index (χ2v) is 13.3. The average molecular weight is 794 g/mol. The number of carbonyl (C=O) groups is 2. The average Bonchev–Trinajstić information content (AvgIpc) is 3.36. The number of rotatable bonds is 8. The molecule has 0 unspecified atom stereocenters. The molecule has 14 nitrogen and oxygen atoms in total. The Morgan fingerprint density at radius 2 is 1.74 bits per heavy atom. The first-order chi connectivity index (χ1) is 24.0. The number of carbonyl (C=O) groups excluding carboxylic acids is 2. The SMILES string of the molecule is CCOc1cc([C@H]2C3=CCn4c(=O)n(CCc5nc6cc(OC)c(OC)cc6n(C)c5=O)c(=O)n4[C@@H]3CC3=C2C(=O)C(I)=CC3=O)ccc1O. The number of aromatic nitrogens is 5. The number of allylic oxidation sites excluding steroid dienone is 6. The summed E-state index contributed by atoms with van der Waals surface area (Å²) in [6.45, 7) is 1.98. The summed E-state index contributed by atoms with van der Waals surface area (Å²) in [7, 11) is 4.60. The number of methoxy groups -OCH3 is 2. The van der Waals surface area contributed by atoms with E-state index in [0.29, 0.717) is 39.2 Å². The number of phenols is 1. The zero-order valence-electron chi connectivity index (χ0n) is 27.6. The van der Waals surface area contributed by atoms with Crippen molar-refractivity contribution in [3.63, 3.8) is 0 Å². The maximum Gasteiger partial charge on any atom is 0.347 e. The third-order valence-corrected chi connectivity index (χ3v) is 10.3. The molecule has 0 spiro atoms. The van der Waals surface area contributed by atoms with E-state index >= 15 is 0 Å². The summed E-state index contributed by atoms with van der Waals surface area (Å²) in [5, 5.41) is 10.4. The van der Waals surface area contributed by atoms with Crippen molar-refractivity contribution >= 4 is 45.2 Å². The van der Waals surface area contributed by atoms with Crippen LogP contribution >= 0.6 is 22.6 Å². The third kappa shape index (κ3) is 5.13. The Kier molecular flexibility index (Phi) is 8.40. The summed E-state index contributed by atoms with van der Waals surface area (Å²) in [4.78, 5) is 72.9. The molecule has 1 aliphatic heterocycles. The van der Waals surface area contributed by atoms with Crippen molar-refractivity contribution in [2.45, 2.75) is 44.8 Å². The van der Waals surface area contributed by atoms with Gasteiger partial charge in [-0.1, -0.05) is 12.1 Å². The highest BCUT2D eigenvalue weighted by molar-refractivity contribution is 14.1. The summed E-state index contributed by atoms with van der Waals surface area (Å²) in [6.07, 6.45) is 3.13. The largest absolute Gasteiger partial charge is 0.504 e. The number of aromatic hydroxyl groups is 1. The number of hydrogen-bond acceptors (Lipinski definition) is 10. The highest BCUT2D eigenvalue weighted by Crippen LogP contribution is 2.51. The normalized spacial score (nSPS) is 18.3. The van der Waals surface area contributed by atoms with Crippen molar-refractivity contribution in [3.05, 3.63) is 105 Å². The molecule has 0 fully saturated rings. The molecule has 2 atom stereocenters. The minimum Gasteiger partial charge on any atom is -0.504 e.